The first-order valence-electron chi connectivity index (χ1n) is 4.80. The van der Waals surface area contributed by atoms with E-state index in [0.29, 0.717) is 0 Å². The summed E-state index contributed by atoms with van der Waals surface area (Å²) in [6.45, 7) is 4.03. The van der Waals surface area contributed by atoms with Crippen LogP contribution in [0.3, 0.4) is 0 Å². The van der Waals surface area contributed by atoms with Gasteiger partial charge in [0.15, 0.2) is 0 Å². The van der Waals surface area contributed by atoms with Gasteiger partial charge in [0.1, 0.15) is 11.9 Å². The van der Waals surface area contributed by atoms with Gasteiger partial charge in [-0.2, -0.15) is 0 Å². The monoisotopic (exact) mass is 168 g/mol. The molecule has 0 aromatic carbocycles. The topological polar surface area (TPSA) is 18.5 Å². The highest BCUT2D eigenvalue weighted by atomic mass is 16.5. The van der Waals surface area contributed by atoms with Crippen molar-refractivity contribution in [1.29, 1.82) is 0 Å². The summed E-state index contributed by atoms with van der Waals surface area (Å²) in [5.74, 6) is 1.87. The highest BCUT2D eigenvalue weighted by Crippen LogP contribution is 2.27. The Bertz CT molecular complexity index is 186. The van der Waals surface area contributed by atoms with E-state index in [-0.39, 0.29) is 6.10 Å². The van der Waals surface area contributed by atoms with Gasteiger partial charge in [0, 0.05) is 13.0 Å². The third-order valence-electron chi connectivity index (χ3n) is 2.60. The molecule has 2 aliphatic rings. The lowest BCUT2D eigenvalue weighted by Crippen LogP contribution is -2.26. The van der Waals surface area contributed by atoms with Crippen LogP contribution in [-0.2, 0) is 9.47 Å². The fourth-order valence-electron chi connectivity index (χ4n) is 1.82. The summed E-state index contributed by atoms with van der Waals surface area (Å²) in [4.78, 5) is 0. The van der Waals surface area contributed by atoms with Gasteiger partial charge in [-0.25, -0.2) is 0 Å². The summed E-state index contributed by atoms with van der Waals surface area (Å²) < 4.78 is 11.1. The van der Waals surface area contributed by atoms with Gasteiger partial charge in [-0.3, -0.25) is 0 Å². The molecule has 2 heteroatoms. The molecule has 0 saturated carbocycles. The second-order valence-electron chi connectivity index (χ2n) is 3.73. The van der Waals surface area contributed by atoms with E-state index in [0.717, 1.165) is 37.7 Å². The van der Waals surface area contributed by atoms with Crippen LogP contribution in [0.4, 0.5) is 0 Å². The van der Waals surface area contributed by atoms with Gasteiger partial charge in [0.2, 0.25) is 0 Å². The van der Waals surface area contributed by atoms with E-state index in [1.54, 1.807) is 0 Å². The molecule has 12 heavy (non-hydrogen) atoms. The minimum Gasteiger partial charge on any atom is -0.495 e. The predicted molar refractivity (Wildman–Crippen MR) is 46.8 cm³/mol. The fraction of sp³-hybridized carbons (Fsp3) is 0.800. The van der Waals surface area contributed by atoms with Crippen molar-refractivity contribution in [1.82, 2.24) is 0 Å². The van der Waals surface area contributed by atoms with Crippen LogP contribution in [0.25, 0.3) is 0 Å². The van der Waals surface area contributed by atoms with Gasteiger partial charge in [0.25, 0.3) is 0 Å². The molecule has 0 aromatic heterocycles. The van der Waals surface area contributed by atoms with Crippen LogP contribution in [0, 0.1) is 5.92 Å². The summed E-state index contributed by atoms with van der Waals surface area (Å²) in [5.41, 5.74) is 0. The van der Waals surface area contributed by atoms with Crippen molar-refractivity contribution in [2.75, 3.05) is 13.2 Å². The average Bonchev–Trinajstić information content (AvgIpc) is 2.56. The second kappa shape index (κ2) is 3.48. The molecule has 0 amide bonds. The van der Waals surface area contributed by atoms with Gasteiger partial charge >= 0.3 is 0 Å². The molecule has 0 bridgehead atoms. The Labute approximate surface area is 73.5 Å². The Kier molecular flexibility index (Phi) is 2.35. The van der Waals surface area contributed by atoms with Crippen LogP contribution >= 0.6 is 0 Å². The first-order valence-corrected chi connectivity index (χ1v) is 4.80. The van der Waals surface area contributed by atoms with Crippen LogP contribution in [0.2, 0.25) is 0 Å². The van der Waals surface area contributed by atoms with Crippen molar-refractivity contribution in [2.45, 2.75) is 32.3 Å². The number of ether oxygens (including phenoxy) is 2. The standard InChI is InChI=1S/C10H16O2/c1-8-4-6-12-10(7-8)9-3-2-5-11-9/h3,8,10H,2,4-7H2,1H3/t8-,10?/m0/s1. The zero-order chi connectivity index (χ0) is 8.39. The first kappa shape index (κ1) is 8.11. The van der Waals surface area contributed by atoms with E-state index in [1.807, 2.05) is 0 Å². The van der Waals surface area contributed by atoms with E-state index < -0.39 is 0 Å². The molecule has 68 valence electrons. The summed E-state index contributed by atoms with van der Waals surface area (Å²) in [6, 6.07) is 0. The largest absolute Gasteiger partial charge is 0.495 e. The van der Waals surface area contributed by atoms with Gasteiger partial charge in [-0.1, -0.05) is 6.92 Å². The maximum Gasteiger partial charge on any atom is 0.121 e. The third kappa shape index (κ3) is 1.63. The summed E-state index contributed by atoms with van der Waals surface area (Å²) in [7, 11) is 0. The third-order valence-corrected chi connectivity index (χ3v) is 2.60. The predicted octanol–water partition coefficient (Wildman–Crippen LogP) is 2.11. The fourth-order valence-corrected chi connectivity index (χ4v) is 1.82. The van der Waals surface area contributed by atoms with E-state index in [2.05, 4.69) is 13.0 Å². The summed E-state index contributed by atoms with van der Waals surface area (Å²) in [5, 5.41) is 0. The zero-order valence-electron chi connectivity index (χ0n) is 7.58. The molecule has 0 spiro atoms. The lowest BCUT2D eigenvalue weighted by Gasteiger charge is -2.27. The van der Waals surface area contributed by atoms with Gasteiger partial charge < -0.3 is 9.47 Å². The summed E-state index contributed by atoms with van der Waals surface area (Å²) >= 11 is 0. The molecule has 0 aromatic rings. The van der Waals surface area contributed by atoms with Gasteiger partial charge in [-0.05, 0) is 24.8 Å². The van der Waals surface area contributed by atoms with Crippen LogP contribution in [0.5, 0.6) is 0 Å². The SMILES string of the molecule is C[C@H]1CCOC(C2=CCCO2)C1. The first-order chi connectivity index (χ1) is 5.86. The number of hydrogen-bond donors (Lipinski definition) is 0. The molecule has 2 heterocycles. The molecule has 0 radical (unpaired) electrons. The van der Waals surface area contributed by atoms with Crippen molar-refractivity contribution in [3.05, 3.63) is 11.8 Å². The molecular weight excluding hydrogens is 152 g/mol. The molecule has 0 N–H and O–H groups in total. The molecule has 1 saturated heterocycles. The average molecular weight is 168 g/mol. The quantitative estimate of drug-likeness (QED) is 0.597. The van der Waals surface area contributed by atoms with Crippen LogP contribution in [0.1, 0.15) is 26.2 Å². The molecular formula is C10H16O2. The summed E-state index contributed by atoms with van der Waals surface area (Å²) in [6.07, 6.45) is 5.82. The highest BCUT2D eigenvalue weighted by Gasteiger charge is 2.25. The highest BCUT2D eigenvalue weighted by molar-refractivity contribution is 5.05. The Morgan fingerprint density at radius 2 is 2.33 bits per heavy atom. The smallest absolute Gasteiger partial charge is 0.121 e. The van der Waals surface area contributed by atoms with Crippen LogP contribution in [0.15, 0.2) is 11.8 Å². The molecule has 1 unspecified atom stereocenters. The van der Waals surface area contributed by atoms with Crippen molar-refractivity contribution >= 4 is 0 Å². The normalized spacial score (nSPS) is 35.9. The number of hydrogen-bond acceptors (Lipinski definition) is 2. The molecule has 2 rings (SSSR count). The van der Waals surface area contributed by atoms with E-state index >= 15 is 0 Å². The maximum atomic E-state index is 5.64. The van der Waals surface area contributed by atoms with Crippen molar-refractivity contribution in [3.8, 4) is 0 Å². The number of rotatable bonds is 1. The van der Waals surface area contributed by atoms with Crippen LogP contribution in [-0.4, -0.2) is 19.3 Å². The molecule has 2 aliphatic heterocycles. The lowest BCUT2D eigenvalue weighted by atomic mass is 9.97. The Morgan fingerprint density at radius 1 is 1.42 bits per heavy atom. The van der Waals surface area contributed by atoms with Gasteiger partial charge in [0.05, 0.1) is 6.61 Å². The molecule has 2 nitrogen and oxygen atoms in total. The Morgan fingerprint density at radius 3 is 3.00 bits per heavy atom. The Balaban J connectivity index is 1.94. The van der Waals surface area contributed by atoms with Crippen molar-refractivity contribution in [3.63, 3.8) is 0 Å². The molecule has 1 fully saturated rings. The maximum absolute atomic E-state index is 5.64. The zero-order valence-corrected chi connectivity index (χ0v) is 7.58. The van der Waals surface area contributed by atoms with E-state index in [4.69, 9.17) is 9.47 Å². The second-order valence-corrected chi connectivity index (χ2v) is 3.73. The Hall–Kier alpha value is -0.500. The van der Waals surface area contributed by atoms with Crippen molar-refractivity contribution in [2.24, 2.45) is 5.92 Å². The van der Waals surface area contributed by atoms with Crippen LogP contribution < -0.4 is 0 Å². The van der Waals surface area contributed by atoms with E-state index in [9.17, 15) is 0 Å². The molecule has 0 aliphatic carbocycles. The van der Waals surface area contributed by atoms with Crippen molar-refractivity contribution < 1.29 is 9.47 Å². The van der Waals surface area contributed by atoms with E-state index in [1.165, 1.54) is 6.42 Å². The lowest BCUT2D eigenvalue weighted by molar-refractivity contribution is -0.0126. The minimum absolute atomic E-state index is 0.260. The molecule has 2 atom stereocenters. The van der Waals surface area contributed by atoms with Gasteiger partial charge in [-0.15, -0.1) is 0 Å². The minimum atomic E-state index is 0.260.